The van der Waals surface area contributed by atoms with E-state index in [-0.39, 0.29) is 0 Å². The lowest BCUT2D eigenvalue weighted by molar-refractivity contribution is 0.276. The summed E-state index contributed by atoms with van der Waals surface area (Å²) in [6, 6.07) is 5.37. The van der Waals surface area contributed by atoms with Crippen LogP contribution in [0.15, 0.2) is 18.2 Å². The van der Waals surface area contributed by atoms with Gasteiger partial charge in [0.05, 0.1) is 10.7 Å². The maximum atomic E-state index is 6.12. The molecule has 1 aromatic carbocycles. The molecule has 0 spiro atoms. The van der Waals surface area contributed by atoms with Gasteiger partial charge in [0.25, 0.3) is 0 Å². The Morgan fingerprint density at radius 3 is 2.89 bits per heavy atom. The quantitative estimate of drug-likeness (QED) is 0.773. The third kappa shape index (κ3) is 3.50. The van der Waals surface area contributed by atoms with Crippen molar-refractivity contribution in [2.45, 2.75) is 19.8 Å². The summed E-state index contributed by atoms with van der Waals surface area (Å²) in [4.78, 5) is 2.20. The number of thiocarbonyl (C=S) groups is 1. The molecule has 1 atom stereocenters. The minimum atomic E-state index is 0.593. The summed E-state index contributed by atoms with van der Waals surface area (Å²) in [5.41, 5.74) is 0.810. The van der Waals surface area contributed by atoms with Gasteiger partial charge in [0, 0.05) is 18.1 Å². The van der Waals surface area contributed by atoms with Crippen molar-refractivity contribution in [1.29, 1.82) is 0 Å². The lowest BCUT2D eigenvalue weighted by Crippen LogP contribution is -2.41. The number of likely N-dealkylation sites (tertiary alicyclic amines) is 1. The molecule has 1 aliphatic heterocycles. The summed E-state index contributed by atoms with van der Waals surface area (Å²) in [7, 11) is 0. The van der Waals surface area contributed by atoms with E-state index in [9.17, 15) is 0 Å². The minimum absolute atomic E-state index is 0.593. The molecule has 0 bridgehead atoms. The van der Waals surface area contributed by atoms with E-state index in [2.05, 4.69) is 17.1 Å². The van der Waals surface area contributed by atoms with Gasteiger partial charge < -0.3 is 10.2 Å². The first kappa shape index (κ1) is 13.9. The van der Waals surface area contributed by atoms with Crippen molar-refractivity contribution in [3.8, 4) is 0 Å². The van der Waals surface area contributed by atoms with Gasteiger partial charge in [-0.2, -0.15) is 0 Å². The van der Waals surface area contributed by atoms with E-state index in [0.717, 1.165) is 23.9 Å². The average Bonchev–Trinajstić information content (AvgIpc) is 2.32. The first-order valence-electron chi connectivity index (χ1n) is 6.07. The molecule has 1 aliphatic rings. The Balaban J connectivity index is 2.02. The van der Waals surface area contributed by atoms with E-state index < -0.39 is 0 Å². The van der Waals surface area contributed by atoms with Crippen LogP contribution in [-0.4, -0.2) is 23.1 Å². The zero-order valence-corrected chi connectivity index (χ0v) is 12.6. The third-order valence-electron chi connectivity index (χ3n) is 3.12. The van der Waals surface area contributed by atoms with Crippen LogP contribution >= 0.6 is 35.4 Å². The van der Waals surface area contributed by atoms with Crippen LogP contribution in [0, 0.1) is 5.92 Å². The Bertz CT molecular complexity index is 451. The van der Waals surface area contributed by atoms with Crippen molar-refractivity contribution in [2.75, 3.05) is 18.4 Å². The third-order valence-corrected chi connectivity index (χ3v) is 4.03. The molecule has 0 unspecified atom stereocenters. The molecule has 0 aliphatic carbocycles. The van der Waals surface area contributed by atoms with Crippen molar-refractivity contribution >= 4 is 46.2 Å². The van der Waals surface area contributed by atoms with Gasteiger partial charge in [-0.1, -0.05) is 30.1 Å². The zero-order chi connectivity index (χ0) is 13.1. The van der Waals surface area contributed by atoms with Gasteiger partial charge in [0.1, 0.15) is 0 Å². The van der Waals surface area contributed by atoms with E-state index in [1.54, 1.807) is 12.1 Å². The Hall–Kier alpha value is -0.510. The van der Waals surface area contributed by atoms with Gasteiger partial charge in [0.15, 0.2) is 5.11 Å². The summed E-state index contributed by atoms with van der Waals surface area (Å²) in [6.07, 6.45) is 2.47. The number of halogens is 2. The monoisotopic (exact) mass is 302 g/mol. The predicted octanol–water partition coefficient (Wildman–Crippen LogP) is 4.42. The molecular formula is C13H16Cl2N2S. The number of rotatable bonds is 1. The van der Waals surface area contributed by atoms with E-state index >= 15 is 0 Å². The maximum Gasteiger partial charge on any atom is 0.173 e. The van der Waals surface area contributed by atoms with Gasteiger partial charge in [-0.3, -0.25) is 0 Å². The van der Waals surface area contributed by atoms with E-state index in [0.29, 0.717) is 16.0 Å². The molecule has 0 saturated carbocycles. The fourth-order valence-corrected chi connectivity index (χ4v) is 2.89. The second-order valence-corrected chi connectivity index (χ2v) is 5.98. The van der Waals surface area contributed by atoms with Crippen LogP contribution in [0.4, 0.5) is 5.69 Å². The van der Waals surface area contributed by atoms with Crippen molar-refractivity contribution in [3.63, 3.8) is 0 Å². The van der Waals surface area contributed by atoms with E-state index in [4.69, 9.17) is 35.4 Å². The molecule has 1 heterocycles. The molecule has 2 nitrogen and oxygen atoms in total. The number of nitrogens with zero attached hydrogens (tertiary/aromatic N) is 1. The van der Waals surface area contributed by atoms with Crippen LogP contribution in [0.2, 0.25) is 10.0 Å². The molecule has 1 aromatic rings. The molecule has 0 radical (unpaired) electrons. The number of hydrogen-bond donors (Lipinski definition) is 1. The highest BCUT2D eigenvalue weighted by Crippen LogP contribution is 2.26. The van der Waals surface area contributed by atoms with Crippen molar-refractivity contribution < 1.29 is 0 Å². The van der Waals surface area contributed by atoms with Crippen molar-refractivity contribution in [2.24, 2.45) is 5.92 Å². The lowest BCUT2D eigenvalue weighted by atomic mass is 10.0. The highest BCUT2D eigenvalue weighted by Gasteiger charge is 2.18. The number of anilines is 1. The fraction of sp³-hybridized carbons (Fsp3) is 0.462. The van der Waals surface area contributed by atoms with Crippen LogP contribution < -0.4 is 5.32 Å². The van der Waals surface area contributed by atoms with Crippen LogP contribution in [0.5, 0.6) is 0 Å². The number of piperidine rings is 1. The second kappa shape index (κ2) is 6.09. The van der Waals surface area contributed by atoms with Gasteiger partial charge in [0.2, 0.25) is 0 Å². The van der Waals surface area contributed by atoms with Crippen molar-refractivity contribution in [1.82, 2.24) is 4.90 Å². The molecule has 18 heavy (non-hydrogen) atoms. The molecule has 98 valence electrons. The molecule has 1 fully saturated rings. The standard InChI is InChI=1S/C13H16Cl2N2S/c1-9-3-2-6-17(8-9)13(18)16-12-5-4-10(14)7-11(12)15/h4-5,7,9H,2-3,6,8H2,1H3,(H,16,18)/t9-/m1/s1. The molecule has 0 amide bonds. The fourth-order valence-electron chi connectivity index (χ4n) is 2.16. The highest BCUT2D eigenvalue weighted by molar-refractivity contribution is 7.80. The number of benzene rings is 1. The Morgan fingerprint density at radius 1 is 1.44 bits per heavy atom. The lowest BCUT2D eigenvalue weighted by Gasteiger charge is -2.33. The van der Waals surface area contributed by atoms with Crippen LogP contribution in [-0.2, 0) is 0 Å². The number of hydrogen-bond acceptors (Lipinski definition) is 1. The largest absolute Gasteiger partial charge is 0.349 e. The average molecular weight is 303 g/mol. The van der Waals surface area contributed by atoms with Gasteiger partial charge in [-0.05, 0) is 49.2 Å². The van der Waals surface area contributed by atoms with Crippen molar-refractivity contribution in [3.05, 3.63) is 28.2 Å². The first-order chi connectivity index (χ1) is 8.56. The van der Waals surface area contributed by atoms with Gasteiger partial charge in [-0.15, -0.1) is 0 Å². The summed E-state index contributed by atoms with van der Waals surface area (Å²) in [5.74, 6) is 0.694. The van der Waals surface area contributed by atoms with Crippen LogP contribution in [0.1, 0.15) is 19.8 Å². The summed E-state index contributed by atoms with van der Waals surface area (Å²) < 4.78 is 0. The second-order valence-electron chi connectivity index (χ2n) is 4.75. The Morgan fingerprint density at radius 2 is 2.22 bits per heavy atom. The molecule has 2 rings (SSSR count). The Labute approximate surface area is 123 Å². The molecule has 1 N–H and O–H groups in total. The van der Waals surface area contributed by atoms with Crippen LogP contribution in [0.3, 0.4) is 0 Å². The topological polar surface area (TPSA) is 15.3 Å². The Kier molecular flexibility index (Phi) is 4.71. The molecule has 1 saturated heterocycles. The molecular weight excluding hydrogens is 287 g/mol. The van der Waals surface area contributed by atoms with Gasteiger partial charge in [-0.25, -0.2) is 0 Å². The van der Waals surface area contributed by atoms with Gasteiger partial charge >= 0.3 is 0 Å². The highest BCUT2D eigenvalue weighted by atomic mass is 35.5. The first-order valence-corrected chi connectivity index (χ1v) is 7.23. The molecule has 0 aromatic heterocycles. The van der Waals surface area contributed by atoms with E-state index in [1.165, 1.54) is 12.8 Å². The SMILES string of the molecule is C[C@@H]1CCCN(C(=S)Nc2ccc(Cl)cc2Cl)C1. The number of nitrogens with one attached hydrogen (secondary N) is 1. The maximum absolute atomic E-state index is 6.12. The normalized spacial score (nSPS) is 19.7. The summed E-state index contributed by atoms with van der Waals surface area (Å²) >= 11 is 17.4. The summed E-state index contributed by atoms with van der Waals surface area (Å²) in [6.45, 7) is 4.28. The van der Waals surface area contributed by atoms with Crippen LogP contribution in [0.25, 0.3) is 0 Å². The van der Waals surface area contributed by atoms with E-state index in [1.807, 2.05) is 6.07 Å². The minimum Gasteiger partial charge on any atom is -0.349 e. The summed E-state index contributed by atoms with van der Waals surface area (Å²) in [5, 5.41) is 5.16. The predicted molar refractivity (Wildman–Crippen MR) is 82.7 cm³/mol. The smallest absolute Gasteiger partial charge is 0.173 e. The molecule has 5 heteroatoms. The zero-order valence-electron chi connectivity index (χ0n) is 10.2.